The van der Waals surface area contributed by atoms with Gasteiger partial charge in [-0.25, -0.2) is 0 Å². The van der Waals surface area contributed by atoms with E-state index in [9.17, 15) is 4.79 Å². The second kappa shape index (κ2) is 7.85. The monoisotopic (exact) mass is 374 g/mol. The summed E-state index contributed by atoms with van der Waals surface area (Å²) in [6.45, 7) is 5.29. The largest absolute Gasteiger partial charge is 0.371 e. The first-order valence-corrected chi connectivity index (χ1v) is 9.30. The first kappa shape index (κ1) is 19.0. The van der Waals surface area contributed by atoms with Gasteiger partial charge in [-0.2, -0.15) is 0 Å². The zero-order valence-electron chi connectivity index (χ0n) is 15.3. The SMILES string of the molecule is CC1(C(=O)NCc2ccc3c(c2)CCN(C2=CC=C2)CC3)CCCO1.Cl. The summed E-state index contributed by atoms with van der Waals surface area (Å²) in [5.41, 5.74) is 4.74. The molecule has 2 aliphatic heterocycles. The molecule has 1 aliphatic carbocycles. The minimum absolute atomic E-state index is 0. The Labute approximate surface area is 161 Å². The van der Waals surface area contributed by atoms with E-state index >= 15 is 0 Å². The lowest BCUT2D eigenvalue weighted by Gasteiger charge is -2.26. The van der Waals surface area contributed by atoms with Crippen LogP contribution in [0.1, 0.15) is 36.5 Å². The minimum atomic E-state index is -0.643. The van der Waals surface area contributed by atoms with Crippen molar-refractivity contribution in [1.82, 2.24) is 10.2 Å². The van der Waals surface area contributed by atoms with Crippen LogP contribution < -0.4 is 5.32 Å². The molecular weight excluding hydrogens is 348 g/mol. The molecule has 4 rings (SSSR count). The number of nitrogens with one attached hydrogen (secondary N) is 1. The molecule has 1 amide bonds. The van der Waals surface area contributed by atoms with Gasteiger partial charge in [-0.05, 0) is 61.4 Å². The van der Waals surface area contributed by atoms with Crippen LogP contribution in [0.25, 0.3) is 0 Å². The number of fused-ring (bicyclic) bond motifs is 1. The molecule has 0 aromatic heterocycles. The van der Waals surface area contributed by atoms with Gasteiger partial charge in [0.2, 0.25) is 0 Å². The van der Waals surface area contributed by atoms with Crippen LogP contribution in [0.3, 0.4) is 0 Å². The molecule has 1 unspecified atom stereocenters. The van der Waals surface area contributed by atoms with Crippen molar-refractivity contribution >= 4 is 18.3 Å². The van der Waals surface area contributed by atoms with Gasteiger partial charge in [-0.1, -0.05) is 24.3 Å². The number of hydrogen-bond donors (Lipinski definition) is 1. The van der Waals surface area contributed by atoms with Crippen molar-refractivity contribution in [1.29, 1.82) is 0 Å². The number of hydrogen-bond acceptors (Lipinski definition) is 3. The van der Waals surface area contributed by atoms with Crippen LogP contribution in [0.15, 0.2) is 42.1 Å². The molecule has 140 valence electrons. The van der Waals surface area contributed by atoms with Crippen molar-refractivity contribution in [2.45, 2.75) is 44.8 Å². The molecule has 0 radical (unpaired) electrons. The Morgan fingerprint density at radius 2 is 2.04 bits per heavy atom. The summed E-state index contributed by atoms with van der Waals surface area (Å²) in [6.07, 6.45) is 10.4. The Morgan fingerprint density at radius 1 is 1.27 bits per heavy atom. The van der Waals surface area contributed by atoms with E-state index < -0.39 is 5.60 Å². The van der Waals surface area contributed by atoms with Crippen LogP contribution in [0, 0.1) is 0 Å². The summed E-state index contributed by atoms with van der Waals surface area (Å²) in [6, 6.07) is 6.65. The molecular formula is C21H27ClN2O2. The van der Waals surface area contributed by atoms with E-state index in [1.165, 1.54) is 22.4 Å². The highest BCUT2D eigenvalue weighted by Crippen LogP contribution is 2.26. The molecule has 1 aromatic carbocycles. The van der Waals surface area contributed by atoms with Crippen LogP contribution in [0.5, 0.6) is 0 Å². The zero-order chi connectivity index (χ0) is 17.3. The summed E-state index contributed by atoms with van der Waals surface area (Å²) in [5, 5.41) is 3.06. The number of benzene rings is 1. The van der Waals surface area contributed by atoms with E-state index in [2.05, 4.69) is 46.6 Å². The molecule has 4 nitrogen and oxygen atoms in total. The second-order valence-corrected chi connectivity index (χ2v) is 7.41. The highest BCUT2D eigenvalue weighted by atomic mass is 35.5. The molecule has 0 bridgehead atoms. The number of rotatable bonds is 4. The number of halogens is 1. The van der Waals surface area contributed by atoms with Crippen LogP contribution in [0.4, 0.5) is 0 Å². The van der Waals surface area contributed by atoms with E-state index in [0.29, 0.717) is 13.2 Å². The fourth-order valence-electron chi connectivity index (χ4n) is 3.87. The summed E-state index contributed by atoms with van der Waals surface area (Å²) >= 11 is 0. The molecule has 1 N–H and O–H groups in total. The summed E-state index contributed by atoms with van der Waals surface area (Å²) in [7, 11) is 0. The lowest BCUT2D eigenvalue weighted by Crippen LogP contribution is -2.43. The Kier molecular flexibility index (Phi) is 5.73. The number of carbonyl (C=O) groups excluding carboxylic acids is 1. The van der Waals surface area contributed by atoms with Crippen LogP contribution in [-0.2, 0) is 28.9 Å². The van der Waals surface area contributed by atoms with Gasteiger partial charge in [0.1, 0.15) is 5.60 Å². The molecule has 5 heteroatoms. The summed E-state index contributed by atoms with van der Waals surface area (Å²) in [5.74, 6) is 0.00910. The van der Waals surface area contributed by atoms with Gasteiger partial charge in [0.05, 0.1) is 0 Å². The van der Waals surface area contributed by atoms with Crippen molar-refractivity contribution in [3.05, 3.63) is 58.8 Å². The molecule has 1 saturated heterocycles. The van der Waals surface area contributed by atoms with Gasteiger partial charge in [0.15, 0.2) is 0 Å². The van der Waals surface area contributed by atoms with Gasteiger partial charge in [0.25, 0.3) is 5.91 Å². The predicted molar refractivity (Wildman–Crippen MR) is 105 cm³/mol. The van der Waals surface area contributed by atoms with Crippen molar-refractivity contribution in [2.24, 2.45) is 0 Å². The van der Waals surface area contributed by atoms with Gasteiger partial charge in [0, 0.05) is 31.9 Å². The summed E-state index contributed by atoms with van der Waals surface area (Å²) in [4.78, 5) is 14.8. The predicted octanol–water partition coefficient (Wildman–Crippen LogP) is 3.15. The highest BCUT2D eigenvalue weighted by molar-refractivity contribution is 5.85. The first-order valence-electron chi connectivity index (χ1n) is 9.30. The average molecular weight is 375 g/mol. The van der Waals surface area contributed by atoms with E-state index in [1.807, 2.05) is 6.92 Å². The maximum atomic E-state index is 12.4. The van der Waals surface area contributed by atoms with Gasteiger partial charge in [-0.15, -0.1) is 12.4 Å². The fourth-order valence-corrected chi connectivity index (χ4v) is 3.87. The average Bonchev–Trinajstić information content (AvgIpc) is 2.92. The molecule has 0 spiro atoms. The Balaban J connectivity index is 0.00000196. The molecule has 1 atom stereocenters. The van der Waals surface area contributed by atoms with Crippen molar-refractivity contribution < 1.29 is 9.53 Å². The maximum absolute atomic E-state index is 12.4. The van der Waals surface area contributed by atoms with E-state index in [4.69, 9.17) is 4.74 Å². The number of nitrogens with zero attached hydrogens (tertiary/aromatic N) is 1. The number of carbonyl (C=O) groups is 1. The van der Waals surface area contributed by atoms with E-state index in [1.54, 1.807) is 0 Å². The lowest BCUT2D eigenvalue weighted by molar-refractivity contribution is -0.139. The number of allylic oxidation sites excluding steroid dienone is 3. The summed E-state index contributed by atoms with van der Waals surface area (Å²) < 4.78 is 5.62. The quantitative estimate of drug-likeness (QED) is 0.880. The Morgan fingerprint density at radius 3 is 2.69 bits per heavy atom. The first-order chi connectivity index (χ1) is 12.1. The molecule has 1 fully saturated rings. The third-order valence-corrected chi connectivity index (χ3v) is 5.62. The number of ether oxygens (including phenoxy) is 1. The molecule has 1 aromatic rings. The van der Waals surface area contributed by atoms with Gasteiger partial charge in [-0.3, -0.25) is 4.79 Å². The smallest absolute Gasteiger partial charge is 0.252 e. The Hall–Kier alpha value is -1.78. The number of amides is 1. The van der Waals surface area contributed by atoms with Crippen LogP contribution in [-0.4, -0.2) is 36.1 Å². The van der Waals surface area contributed by atoms with Crippen molar-refractivity contribution in [2.75, 3.05) is 19.7 Å². The molecule has 3 aliphatic rings. The van der Waals surface area contributed by atoms with Gasteiger partial charge >= 0.3 is 0 Å². The standard InChI is InChI=1S/C21H26N2O2.ClH/c1-21(10-3-13-25-21)20(24)22-15-16-6-7-17-8-11-23(19-4-2-5-19)12-9-18(17)14-16;/h2,4-7,14H,3,8-13,15H2,1H3,(H,22,24);1H. The van der Waals surface area contributed by atoms with Crippen molar-refractivity contribution in [3.8, 4) is 0 Å². The van der Waals surface area contributed by atoms with Gasteiger partial charge < -0.3 is 15.0 Å². The molecule has 2 heterocycles. The maximum Gasteiger partial charge on any atom is 0.252 e. The molecule has 26 heavy (non-hydrogen) atoms. The highest BCUT2D eigenvalue weighted by Gasteiger charge is 2.37. The third-order valence-electron chi connectivity index (χ3n) is 5.62. The van der Waals surface area contributed by atoms with E-state index in [-0.39, 0.29) is 18.3 Å². The zero-order valence-corrected chi connectivity index (χ0v) is 16.1. The second-order valence-electron chi connectivity index (χ2n) is 7.41. The normalized spacial score (nSPS) is 24.0. The lowest BCUT2D eigenvalue weighted by atomic mass is 9.99. The fraction of sp³-hybridized carbons (Fsp3) is 0.476. The topological polar surface area (TPSA) is 41.6 Å². The minimum Gasteiger partial charge on any atom is -0.371 e. The third kappa shape index (κ3) is 3.81. The van der Waals surface area contributed by atoms with Crippen LogP contribution in [0.2, 0.25) is 0 Å². The molecule has 0 saturated carbocycles. The van der Waals surface area contributed by atoms with Crippen molar-refractivity contribution in [3.63, 3.8) is 0 Å². The Bertz CT molecular complexity index is 736. The van der Waals surface area contributed by atoms with E-state index in [0.717, 1.165) is 38.8 Å². The van der Waals surface area contributed by atoms with Crippen LogP contribution >= 0.6 is 12.4 Å².